The minimum atomic E-state index is -1.64. The van der Waals surface area contributed by atoms with Gasteiger partial charge in [-0.05, 0) is 44.5 Å². The van der Waals surface area contributed by atoms with Crippen molar-refractivity contribution in [1.29, 1.82) is 0 Å². The third-order valence-corrected chi connectivity index (χ3v) is 12.1. The van der Waals surface area contributed by atoms with Gasteiger partial charge in [-0.3, -0.25) is 0 Å². The number of hydrogen-bond acceptors (Lipinski definition) is 10. The summed E-state index contributed by atoms with van der Waals surface area (Å²) in [5, 5.41) is 0. The second-order valence-electron chi connectivity index (χ2n) is 16.2. The van der Waals surface area contributed by atoms with Gasteiger partial charge in [-0.1, -0.05) is 143 Å². The van der Waals surface area contributed by atoms with Gasteiger partial charge in [-0.2, -0.15) is 35.1 Å². The molecule has 1 aliphatic carbocycles. The molecule has 2 aliphatic heterocycles. The predicted octanol–water partition coefficient (Wildman–Crippen LogP) is 11.5. The molecule has 12 nitrogen and oxygen atoms in total. The summed E-state index contributed by atoms with van der Waals surface area (Å²) < 4.78 is 126. The molecule has 3 aliphatic rings. The van der Waals surface area contributed by atoms with Gasteiger partial charge in [-0.15, -0.1) is 0 Å². The second kappa shape index (κ2) is 17.1. The van der Waals surface area contributed by atoms with E-state index >= 15 is 35.1 Å². The molecule has 0 saturated carbocycles. The third-order valence-electron chi connectivity index (χ3n) is 12.1. The monoisotopic (exact) mass is 1160 g/mol. The number of hydrogen-bond donors (Lipinski definition) is 0. The maximum Gasteiger partial charge on any atom is 2.00 e. The number of aromatic nitrogens is 12. The van der Waals surface area contributed by atoms with E-state index in [-0.39, 0.29) is 155 Å². The number of rotatable bonds is 4. The van der Waals surface area contributed by atoms with Crippen LogP contribution in [0.1, 0.15) is 0 Å². The van der Waals surface area contributed by atoms with E-state index < -0.39 is 47.6 Å². The Morgan fingerprint density at radius 1 is 0.233 bits per heavy atom. The van der Waals surface area contributed by atoms with Crippen molar-refractivity contribution in [3.8, 4) is 90.1 Å². The van der Waals surface area contributed by atoms with E-state index in [1.807, 2.05) is 0 Å². The van der Waals surface area contributed by atoms with Gasteiger partial charge in [-0.25, -0.2) is 49.8 Å². The molecule has 73 heavy (non-hydrogen) atoms. The molecule has 0 fully saturated rings. The fourth-order valence-corrected chi connectivity index (χ4v) is 9.13. The van der Waals surface area contributed by atoms with Gasteiger partial charge in [0, 0.05) is 0 Å². The SMILES string of the molecule is Fc1nc2c(nc1F)-c1nc-2c(-c2ccccc2)c2[n-]c(c(-c3ccccc3)c3nc(c(-c4ccccc4)c4[n-]c(c1-c1ccccc1)c1nc(F)c(F)nc41)-c1nc(F)c(F)nc1-3)c1nc(F)c(F)nc21.[Pt+2]. The van der Waals surface area contributed by atoms with Crippen LogP contribution in [-0.4, -0.2) is 49.8 Å². The Hall–Kier alpha value is -9.03. The van der Waals surface area contributed by atoms with Gasteiger partial charge < -0.3 is 9.97 Å². The van der Waals surface area contributed by atoms with Gasteiger partial charge in [0.05, 0.1) is 44.8 Å². The molecule has 6 aromatic heterocycles. The molecule has 13 rings (SSSR count). The van der Waals surface area contributed by atoms with E-state index in [2.05, 4.69) is 39.9 Å². The first-order valence-electron chi connectivity index (χ1n) is 21.5. The maximum atomic E-state index is 15.7. The van der Waals surface area contributed by atoms with Crippen LogP contribution in [0.15, 0.2) is 121 Å². The van der Waals surface area contributed by atoms with Crippen LogP contribution in [0.5, 0.6) is 0 Å². The first-order chi connectivity index (χ1) is 35.0. The summed E-state index contributed by atoms with van der Waals surface area (Å²) in [6.45, 7) is 0. The smallest absolute Gasteiger partial charge is 0.653 e. The molecule has 0 unspecified atom stereocenters. The van der Waals surface area contributed by atoms with Gasteiger partial charge >= 0.3 is 21.1 Å². The number of halogens is 8. The molecule has 0 N–H and O–H groups in total. The first-order valence-corrected chi connectivity index (χ1v) is 21.5. The molecule has 0 spiro atoms. The van der Waals surface area contributed by atoms with Crippen LogP contribution in [0.3, 0.4) is 0 Å². The zero-order chi connectivity index (χ0) is 49.1. The molecule has 10 aromatic rings. The summed E-state index contributed by atoms with van der Waals surface area (Å²) in [5.41, 5.74) is -4.32. The zero-order valence-corrected chi connectivity index (χ0v) is 38.5. The predicted molar refractivity (Wildman–Crippen MR) is 247 cm³/mol. The Kier molecular flexibility index (Phi) is 10.6. The van der Waals surface area contributed by atoms with Crippen LogP contribution >= 0.6 is 0 Å². The molecule has 8 bridgehead atoms. The molecular formula is C52H20F8N12Pt. The maximum absolute atomic E-state index is 15.7. The van der Waals surface area contributed by atoms with Gasteiger partial charge in [0.25, 0.3) is 47.6 Å². The normalized spacial score (nSPS) is 11.7. The Labute approximate surface area is 417 Å². The van der Waals surface area contributed by atoms with Crippen LogP contribution in [0.2, 0.25) is 0 Å². The molecule has 0 amide bonds. The summed E-state index contributed by atoms with van der Waals surface area (Å²) in [7, 11) is 0. The summed E-state index contributed by atoms with van der Waals surface area (Å²) in [6.07, 6.45) is 0. The van der Waals surface area contributed by atoms with Crippen molar-refractivity contribution in [3.05, 3.63) is 169 Å². The fraction of sp³-hybridized carbons (Fsp3) is 0. The zero-order valence-electron chi connectivity index (χ0n) is 36.3. The third kappa shape index (κ3) is 6.99. The average molecular weight is 1160 g/mol. The van der Waals surface area contributed by atoms with Crippen LogP contribution in [0.4, 0.5) is 35.1 Å². The van der Waals surface area contributed by atoms with Crippen LogP contribution in [0, 0.1) is 47.6 Å². The molecule has 8 heterocycles. The molecular weight excluding hydrogens is 1140 g/mol. The average Bonchev–Trinajstić information content (AvgIpc) is 4.13. The second-order valence-corrected chi connectivity index (χ2v) is 16.2. The van der Waals surface area contributed by atoms with Crippen molar-refractivity contribution in [3.63, 3.8) is 0 Å². The Balaban J connectivity index is 0.00000543. The summed E-state index contributed by atoms with van der Waals surface area (Å²) >= 11 is 0. The van der Waals surface area contributed by atoms with Crippen molar-refractivity contribution in [2.45, 2.75) is 0 Å². The first kappa shape index (κ1) is 45.1. The molecule has 21 heteroatoms. The molecule has 0 atom stereocenters. The summed E-state index contributed by atoms with van der Waals surface area (Å²) in [6, 6.07) is 32.5. The topological polar surface area (TPSA) is 157 Å². The van der Waals surface area contributed by atoms with E-state index in [0.29, 0.717) is 0 Å². The van der Waals surface area contributed by atoms with Crippen LogP contribution in [-0.2, 0) is 21.1 Å². The van der Waals surface area contributed by atoms with Gasteiger partial charge in [0.2, 0.25) is 0 Å². The van der Waals surface area contributed by atoms with Gasteiger partial charge in [0.15, 0.2) is 0 Å². The largest absolute Gasteiger partial charge is 2.00 e. The minimum absolute atomic E-state index is 0. The van der Waals surface area contributed by atoms with E-state index in [4.69, 9.17) is 19.9 Å². The number of benzene rings is 4. The van der Waals surface area contributed by atoms with E-state index in [9.17, 15) is 0 Å². The quantitative estimate of drug-likeness (QED) is 0.154. The van der Waals surface area contributed by atoms with Crippen molar-refractivity contribution in [2.24, 2.45) is 0 Å². The molecule has 0 radical (unpaired) electrons. The van der Waals surface area contributed by atoms with E-state index in [1.54, 1.807) is 121 Å². The molecule has 4 aromatic carbocycles. The summed E-state index contributed by atoms with van der Waals surface area (Å²) in [5.74, 6) is -13.1. The van der Waals surface area contributed by atoms with Crippen LogP contribution < -0.4 is 9.97 Å². The number of nitrogens with zero attached hydrogens (tertiary/aromatic N) is 12. The van der Waals surface area contributed by atoms with Crippen LogP contribution in [0.25, 0.3) is 134 Å². The van der Waals surface area contributed by atoms with Crippen molar-refractivity contribution in [2.75, 3.05) is 0 Å². The molecule has 0 saturated heterocycles. The van der Waals surface area contributed by atoms with Crippen molar-refractivity contribution < 1.29 is 56.2 Å². The van der Waals surface area contributed by atoms with Crippen molar-refractivity contribution >= 4 is 44.1 Å². The Morgan fingerprint density at radius 3 is 0.630 bits per heavy atom. The Bertz CT molecular complexity index is 3780. The van der Waals surface area contributed by atoms with Crippen molar-refractivity contribution in [1.82, 2.24) is 59.8 Å². The van der Waals surface area contributed by atoms with Gasteiger partial charge in [0.1, 0.15) is 22.8 Å². The fourth-order valence-electron chi connectivity index (χ4n) is 9.13. The van der Waals surface area contributed by atoms with E-state index in [0.717, 1.165) is 0 Å². The van der Waals surface area contributed by atoms with E-state index in [1.165, 1.54) is 0 Å². The standard InChI is InChI=1S/C52H20F8N12.Pt/c53-45-47(55)67-39-31-26(22-15-7-2-8-16-22)33-41-43(71-51(59)49(57)69-41)35(63-33)28(24-19-11-4-12-20-24)36-44-42(70-50(58)52(60)72-44)34(64-36)27(23-17-9-3-10-18-23)32-40-38(66-46(54)48(56)68-40)30(62-32)25(21-13-5-1-6-14-21)29(61-31)37(39)65-45;/h1-20H;/q-2;+2. The summed E-state index contributed by atoms with van der Waals surface area (Å²) in [4.78, 5) is 52.4. The molecule has 354 valence electrons. The minimum Gasteiger partial charge on any atom is -0.653 e. The Morgan fingerprint density at radius 2 is 0.425 bits per heavy atom.